The van der Waals surface area contributed by atoms with E-state index in [1.165, 1.54) is 88.4 Å². The van der Waals surface area contributed by atoms with Gasteiger partial charge in [-0.2, -0.15) is 0 Å². The SMILES string of the molecule is O=C(O)CCN1CCC(c2nc3ccccc3n2C2C[C@H]3CCC[C@@H](C2)N3C2C[C@H]3CCCC[C@@H](C2)C3)CC1. The highest BCUT2D eigenvalue weighted by molar-refractivity contribution is 5.76. The maximum Gasteiger partial charge on any atom is 0.304 e. The quantitative estimate of drug-likeness (QED) is 0.454. The molecule has 2 aromatic rings. The first-order valence-corrected chi connectivity index (χ1v) is 16.3. The van der Waals surface area contributed by atoms with E-state index in [1.807, 2.05) is 0 Å². The largest absolute Gasteiger partial charge is 0.481 e. The van der Waals surface area contributed by atoms with E-state index in [1.54, 1.807) is 0 Å². The summed E-state index contributed by atoms with van der Waals surface area (Å²) in [6, 6.07) is 11.7. The van der Waals surface area contributed by atoms with E-state index in [0.717, 1.165) is 61.4 Å². The Hall–Kier alpha value is -1.92. The average Bonchev–Trinajstić information content (AvgIpc) is 3.24. The first-order valence-electron chi connectivity index (χ1n) is 16.3. The molecule has 1 aromatic heterocycles. The predicted octanol–water partition coefficient (Wildman–Crippen LogP) is 6.61. The summed E-state index contributed by atoms with van der Waals surface area (Å²) >= 11 is 0. The highest BCUT2D eigenvalue weighted by Crippen LogP contribution is 2.48. The van der Waals surface area contributed by atoms with Gasteiger partial charge < -0.3 is 14.6 Å². The van der Waals surface area contributed by atoms with Crippen molar-refractivity contribution in [3.8, 4) is 0 Å². The lowest BCUT2D eigenvalue weighted by atomic mass is 9.73. The smallest absolute Gasteiger partial charge is 0.304 e. The van der Waals surface area contributed by atoms with Gasteiger partial charge in [-0.15, -0.1) is 0 Å². The Bertz CT molecular complexity index is 1130. The number of carboxylic acid groups (broad SMARTS) is 1. The minimum atomic E-state index is -0.692. The molecule has 212 valence electrons. The lowest BCUT2D eigenvalue weighted by Crippen LogP contribution is -2.58. The van der Waals surface area contributed by atoms with Crippen LogP contribution < -0.4 is 0 Å². The summed E-state index contributed by atoms with van der Waals surface area (Å²) in [5.74, 6) is 3.07. The first kappa shape index (κ1) is 26.0. The highest BCUT2D eigenvalue weighted by Gasteiger charge is 2.45. The number of likely N-dealkylation sites (tertiary alicyclic amines) is 1. The fraction of sp³-hybridized carbons (Fsp3) is 0.758. The van der Waals surface area contributed by atoms with Gasteiger partial charge in [-0.1, -0.05) is 44.2 Å². The molecule has 6 heteroatoms. The molecule has 2 aliphatic carbocycles. The Labute approximate surface area is 234 Å². The van der Waals surface area contributed by atoms with Crippen molar-refractivity contribution >= 4 is 17.0 Å². The zero-order valence-corrected chi connectivity index (χ0v) is 23.7. The van der Waals surface area contributed by atoms with Crippen molar-refractivity contribution in [1.29, 1.82) is 0 Å². The van der Waals surface area contributed by atoms with E-state index in [9.17, 15) is 4.79 Å². The minimum Gasteiger partial charge on any atom is -0.481 e. The van der Waals surface area contributed by atoms with Gasteiger partial charge in [0.2, 0.25) is 0 Å². The molecule has 39 heavy (non-hydrogen) atoms. The van der Waals surface area contributed by atoms with E-state index in [2.05, 4.69) is 38.6 Å². The van der Waals surface area contributed by atoms with Crippen LogP contribution in [0, 0.1) is 11.8 Å². The molecule has 2 saturated carbocycles. The van der Waals surface area contributed by atoms with Crippen LogP contribution in [0.25, 0.3) is 11.0 Å². The van der Waals surface area contributed by atoms with Crippen LogP contribution in [0.2, 0.25) is 0 Å². The Morgan fingerprint density at radius 1 is 0.795 bits per heavy atom. The van der Waals surface area contributed by atoms with Crippen LogP contribution in [-0.4, -0.2) is 68.2 Å². The van der Waals surface area contributed by atoms with E-state index >= 15 is 0 Å². The van der Waals surface area contributed by atoms with Gasteiger partial charge in [0.1, 0.15) is 5.82 Å². The Morgan fingerprint density at radius 3 is 2.18 bits per heavy atom. The van der Waals surface area contributed by atoms with Crippen molar-refractivity contribution in [1.82, 2.24) is 19.4 Å². The van der Waals surface area contributed by atoms with Gasteiger partial charge >= 0.3 is 5.97 Å². The number of aromatic nitrogens is 2. The van der Waals surface area contributed by atoms with Crippen LogP contribution in [-0.2, 0) is 4.79 Å². The number of nitrogens with zero attached hydrogens (tertiary/aromatic N) is 4. The third kappa shape index (κ3) is 5.28. The second kappa shape index (κ2) is 11.2. The van der Waals surface area contributed by atoms with Gasteiger partial charge in [0.05, 0.1) is 17.5 Å². The van der Waals surface area contributed by atoms with Gasteiger partial charge in [-0.25, -0.2) is 4.98 Å². The summed E-state index contributed by atoms with van der Waals surface area (Å²) in [6.45, 7) is 2.63. The standard InChI is InChI=1S/C33H48N4O2/c38-32(39)14-17-35-15-12-25(13-16-35)33-34-30-10-3-4-11-31(30)37(33)29-21-26-8-5-9-27(22-29)36(26)28-19-23-6-1-2-7-24(18-23)20-28/h3-4,10-11,23-29H,1-2,5-9,12-22H2,(H,38,39)/t23-,24+,26-,27+,28?,29?. The normalized spacial score (nSPS) is 34.7. The Balaban J connectivity index is 1.12. The maximum atomic E-state index is 11.1. The molecule has 2 unspecified atom stereocenters. The first-order chi connectivity index (χ1) is 19.1. The number of benzene rings is 1. The highest BCUT2D eigenvalue weighted by atomic mass is 16.4. The second-order valence-corrected chi connectivity index (χ2v) is 13.8. The summed E-state index contributed by atoms with van der Waals surface area (Å²) in [5, 5.41) is 9.12. The van der Waals surface area contributed by atoms with E-state index in [4.69, 9.17) is 10.1 Å². The fourth-order valence-electron chi connectivity index (χ4n) is 9.71. The van der Waals surface area contributed by atoms with Gasteiger partial charge in [-0.05, 0) is 94.8 Å². The number of piperidine rings is 3. The zero-order valence-electron chi connectivity index (χ0n) is 23.7. The van der Waals surface area contributed by atoms with Crippen LogP contribution in [0.4, 0.5) is 0 Å². The maximum absolute atomic E-state index is 11.1. The van der Waals surface area contributed by atoms with Crippen molar-refractivity contribution in [2.24, 2.45) is 11.8 Å². The molecule has 1 N–H and O–H groups in total. The fourth-order valence-corrected chi connectivity index (χ4v) is 9.71. The molecule has 6 atom stereocenters. The number of rotatable bonds is 6. The molecule has 1 aromatic carbocycles. The second-order valence-electron chi connectivity index (χ2n) is 13.8. The monoisotopic (exact) mass is 532 g/mol. The third-order valence-electron chi connectivity index (χ3n) is 11.4. The van der Waals surface area contributed by atoms with Crippen LogP contribution in [0.15, 0.2) is 24.3 Å². The molecule has 0 spiro atoms. The number of aliphatic carboxylic acids is 1. The lowest BCUT2D eigenvalue weighted by molar-refractivity contribution is -0.137. The molecule has 5 fully saturated rings. The van der Waals surface area contributed by atoms with Gasteiger partial charge in [0, 0.05) is 36.6 Å². The third-order valence-corrected chi connectivity index (χ3v) is 11.4. The molecule has 4 bridgehead atoms. The van der Waals surface area contributed by atoms with Crippen LogP contribution in [0.5, 0.6) is 0 Å². The molecule has 0 amide bonds. The number of carboxylic acids is 1. The molecule has 4 heterocycles. The van der Waals surface area contributed by atoms with Gasteiger partial charge in [0.25, 0.3) is 0 Å². The van der Waals surface area contributed by atoms with E-state index in [0.29, 0.717) is 18.5 Å². The summed E-state index contributed by atoms with van der Waals surface area (Å²) in [4.78, 5) is 21.8. The molecule has 6 nitrogen and oxygen atoms in total. The number of imidazole rings is 1. The molecular weight excluding hydrogens is 484 g/mol. The lowest BCUT2D eigenvalue weighted by Gasteiger charge is -2.55. The number of hydrogen-bond donors (Lipinski definition) is 1. The molecule has 5 aliphatic rings. The van der Waals surface area contributed by atoms with Crippen molar-refractivity contribution < 1.29 is 9.90 Å². The van der Waals surface area contributed by atoms with Crippen molar-refractivity contribution in [3.05, 3.63) is 30.1 Å². The molecular formula is C33H48N4O2. The summed E-state index contributed by atoms with van der Waals surface area (Å²) in [5.41, 5.74) is 2.49. The van der Waals surface area contributed by atoms with Crippen molar-refractivity contribution in [2.75, 3.05) is 19.6 Å². The summed E-state index contributed by atoms with van der Waals surface area (Å²) in [6.07, 6.45) is 19.5. The number of para-hydroxylation sites is 2. The minimum absolute atomic E-state index is 0.243. The topological polar surface area (TPSA) is 61.6 Å². The van der Waals surface area contributed by atoms with Crippen molar-refractivity contribution in [3.63, 3.8) is 0 Å². The van der Waals surface area contributed by atoms with Gasteiger partial charge in [0.15, 0.2) is 0 Å². The average molecular weight is 533 g/mol. The van der Waals surface area contributed by atoms with Crippen LogP contribution in [0.3, 0.4) is 0 Å². The number of hydrogen-bond acceptors (Lipinski definition) is 4. The van der Waals surface area contributed by atoms with Gasteiger partial charge in [-0.3, -0.25) is 9.69 Å². The molecule has 7 rings (SSSR count). The summed E-state index contributed by atoms with van der Waals surface area (Å²) < 4.78 is 2.70. The Kier molecular flexibility index (Phi) is 7.44. The van der Waals surface area contributed by atoms with Crippen LogP contribution in [0.1, 0.15) is 114 Å². The predicted molar refractivity (Wildman–Crippen MR) is 155 cm³/mol. The molecule has 3 saturated heterocycles. The summed E-state index contributed by atoms with van der Waals surface area (Å²) in [7, 11) is 0. The number of carbonyl (C=O) groups is 1. The molecule has 3 aliphatic heterocycles. The van der Waals surface area contributed by atoms with E-state index in [-0.39, 0.29) is 6.42 Å². The van der Waals surface area contributed by atoms with Crippen molar-refractivity contribution in [2.45, 2.75) is 126 Å². The Morgan fingerprint density at radius 2 is 1.49 bits per heavy atom. The van der Waals surface area contributed by atoms with Crippen LogP contribution >= 0.6 is 0 Å². The number of fused-ring (bicyclic) bond motifs is 5. The zero-order chi connectivity index (χ0) is 26.3. The van der Waals surface area contributed by atoms with E-state index < -0.39 is 5.97 Å². The molecule has 0 radical (unpaired) electrons.